The Morgan fingerprint density at radius 1 is 1.03 bits per heavy atom. The third kappa shape index (κ3) is 4.68. The smallest absolute Gasteiger partial charge is 0.274 e. The van der Waals surface area contributed by atoms with Crippen LogP contribution in [-0.4, -0.2) is 55.8 Å². The van der Waals surface area contributed by atoms with Gasteiger partial charge < -0.3 is 15.3 Å². The van der Waals surface area contributed by atoms with Crippen LogP contribution in [0.1, 0.15) is 20.8 Å². The lowest BCUT2D eigenvalue weighted by molar-refractivity contribution is 0.00547. The molecule has 2 aromatic heterocycles. The third-order valence-electron chi connectivity index (χ3n) is 5.63. The first-order valence-electron chi connectivity index (χ1n) is 10.9. The molecule has 8 nitrogen and oxygen atoms in total. The predicted molar refractivity (Wildman–Crippen MR) is 133 cm³/mol. The number of carbonyl (C=O) groups excluding carboxylic acids is 2. The van der Waals surface area contributed by atoms with Crippen LogP contribution in [0.2, 0.25) is 10.0 Å². The highest BCUT2D eigenvalue weighted by Gasteiger charge is 2.31. The number of carbonyl (C=O) groups is 2. The van der Waals surface area contributed by atoms with E-state index in [2.05, 4.69) is 15.4 Å². The lowest BCUT2D eigenvalue weighted by Gasteiger charge is -2.35. The van der Waals surface area contributed by atoms with Crippen LogP contribution in [0.5, 0.6) is 0 Å². The largest absolute Gasteiger partial charge is 0.389 e. The highest BCUT2D eigenvalue weighted by molar-refractivity contribution is 6.38. The molecule has 1 aliphatic heterocycles. The number of nitrogens with one attached hydrogen (secondary N) is 1. The van der Waals surface area contributed by atoms with Gasteiger partial charge >= 0.3 is 0 Å². The van der Waals surface area contributed by atoms with Gasteiger partial charge in [0.25, 0.3) is 11.8 Å². The fourth-order valence-corrected chi connectivity index (χ4v) is 4.33. The van der Waals surface area contributed by atoms with E-state index in [0.717, 1.165) is 6.20 Å². The van der Waals surface area contributed by atoms with Gasteiger partial charge in [0.2, 0.25) is 0 Å². The molecule has 0 unspecified atom stereocenters. The summed E-state index contributed by atoms with van der Waals surface area (Å²) in [5, 5.41) is 17.0. The van der Waals surface area contributed by atoms with Crippen molar-refractivity contribution in [1.29, 1.82) is 0 Å². The molecule has 0 aliphatic carbocycles. The minimum Gasteiger partial charge on any atom is -0.389 e. The maximum absolute atomic E-state index is 13.3. The Morgan fingerprint density at radius 3 is 2.44 bits per heavy atom. The molecule has 182 valence electrons. The molecule has 0 saturated carbocycles. The number of halogens is 3. The van der Waals surface area contributed by atoms with Gasteiger partial charge in [-0.05, 0) is 36.4 Å². The number of amides is 2. The molecule has 2 N–H and O–H groups in total. The van der Waals surface area contributed by atoms with Crippen molar-refractivity contribution in [3.63, 3.8) is 0 Å². The summed E-state index contributed by atoms with van der Waals surface area (Å²) in [7, 11) is 0. The summed E-state index contributed by atoms with van der Waals surface area (Å²) in [5.74, 6) is -1.20. The number of β-amino-alcohol motifs (C(OH)–C–C–N with tert-alkyl or cyclic N) is 1. The van der Waals surface area contributed by atoms with Crippen LogP contribution in [0.25, 0.3) is 16.9 Å². The van der Waals surface area contributed by atoms with E-state index in [0.29, 0.717) is 16.9 Å². The number of aliphatic hydroxyl groups excluding tert-OH is 1. The minimum absolute atomic E-state index is 0.0972. The highest BCUT2D eigenvalue weighted by atomic mass is 35.5. The van der Waals surface area contributed by atoms with Crippen molar-refractivity contribution in [3.05, 3.63) is 94.0 Å². The molecule has 2 aromatic carbocycles. The SMILES string of the molecule is O=C(Nc1cc(C(=O)N2CC(O)C2)nn1-c1ccccc1)c1cc(-c2ccc(F)cn2)c(Cl)cc1Cl. The first-order chi connectivity index (χ1) is 17.3. The number of hydrogen-bond acceptors (Lipinski definition) is 5. The Kier molecular flexibility index (Phi) is 6.44. The van der Waals surface area contributed by atoms with E-state index in [9.17, 15) is 19.1 Å². The Labute approximate surface area is 214 Å². The summed E-state index contributed by atoms with van der Waals surface area (Å²) in [6, 6.07) is 16.0. The van der Waals surface area contributed by atoms with E-state index in [1.165, 1.54) is 39.9 Å². The van der Waals surface area contributed by atoms with E-state index in [4.69, 9.17) is 23.2 Å². The summed E-state index contributed by atoms with van der Waals surface area (Å²) in [6.45, 7) is 0.443. The van der Waals surface area contributed by atoms with Crippen molar-refractivity contribution in [2.24, 2.45) is 0 Å². The fraction of sp³-hybridized carbons (Fsp3) is 0.120. The first kappa shape index (κ1) is 23.9. The van der Waals surface area contributed by atoms with Crippen LogP contribution in [0.4, 0.5) is 10.2 Å². The molecular weight excluding hydrogens is 508 g/mol. The van der Waals surface area contributed by atoms with Gasteiger partial charge in [-0.2, -0.15) is 5.10 Å². The molecule has 1 saturated heterocycles. The zero-order valence-electron chi connectivity index (χ0n) is 18.5. The molecule has 0 spiro atoms. The van der Waals surface area contributed by atoms with Crippen LogP contribution in [-0.2, 0) is 0 Å². The van der Waals surface area contributed by atoms with Crippen molar-refractivity contribution < 1.29 is 19.1 Å². The molecule has 0 atom stereocenters. The molecule has 5 rings (SSSR count). The number of benzene rings is 2. The molecule has 2 amide bonds. The molecule has 0 bridgehead atoms. The summed E-state index contributed by atoms with van der Waals surface area (Å²) in [5.41, 5.74) is 1.59. The zero-order valence-corrected chi connectivity index (χ0v) is 20.0. The Balaban J connectivity index is 1.49. The van der Waals surface area contributed by atoms with Crippen LogP contribution < -0.4 is 5.32 Å². The quantitative estimate of drug-likeness (QED) is 0.401. The second-order valence-corrected chi connectivity index (χ2v) is 8.97. The summed E-state index contributed by atoms with van der Waals surface area (Å²) in [6.07, 6.45) is 0.495. The predicted octanol–water partition coefficient (Wildman–Crippen LogP) is 4.45. The molecule has 3 heterocycles. The van der Waals surface area contributed by atoms with E-state index in [-0.39, 0.29) is 46.1 Å². The van der Waals surface area contributed by atoms with Crippen molar-refractivity contribution >= 4 is 40.8 Å². The first-order valence-corrected chi connectivity index (χ1v) is 11.6. The maximum atomic E-state index is 13.3. The maximum Gasteiger partial charge on any atom is 0.274 e. The topological polar surface area (TPSA) is 100 Å². The number of pyridine rings is 1. The van der Waals surface area contributed by atoms with Crippen molar-refractivity contribution in [1.82, 2.24) is 19.7 Å². The molecule has 36 heavy (non-hydrogen) atoms. The number of rotatable bonds is 5. The molecule has 0 radical (unpaired) electrons. The van der Waals surface area contributed by atoms with Gasteiger partial charge in [0.05, 0.1) is 39.3 Å². The normalized spacial score (nSPS) is 13.4. The second-order valence-electron chi connectivity index (χ2n) is 8.15. The van der Waals surface area contributed by atoms with Crippen molar-refractivity contribution in [2.75, 3.05) is 18.4 Å². The van der Waals surface area contributed by atoms with E-state index >= 15 is 0 Å². The monoisotopic (exact) mass is 525 g/mol. The average Bonchev–Trinajstić information content (AvgIpc) is 3.26. The lowest BCUT2D eigenvalue weighted by atomic mass is 10.1. The number of likely N-dealkylation sites (tertiary alicyclic amines) is 1. The van der Waals surface area contributed by atoms with Crippen LogP contribution in [0, 0.1) is 5.82 Å². The number of para-hydroxylation sites is 1. The van der Waals surface area contributed by atoms with Crippen LogP contribution in [0.3, 0.4) is 0 Å². The van der Waals surface area contributed by atoms with E-state index < -0.39 is 17.8 Å². The molecular formula is C25H18Cl2FN5O3. The average molecular weight is 526 g/mol. The standard InChI is InChI=1S/C25H18Cl2FN5O3/c26-19-9-20(27)18(8-17(19)21-7-6-14(28)11-29-21)24(35)30-23-10-22(25(36)32-12-16(34)13-32)31-33(23)15-4-2-1-3-5-15/h1-11,16,34H,12-13H2,(H,30,35). The number of nitrogens with zero attached hydrogens (tertiary/aromatic N) is 4. The molecule has 4 aromatic rings. The zero-order chi connectivity index (χ0) is 25.4. The Hall–Kier alpha value is -3.79. The third-order valence-corrected chi connectivity index (χ3v) is 6.25. The van der Waals surface area contributed by atoms with Crippen molar-refractivity contribution in [3.8, 4) is 16.9 Å². The minimum atomic E-state index is -0.574. The van der Waals surface area contributed by atoms with Gasteiger partial charge in [0, 0.05) is 24.7 Å². The fourth-order valence-electron chi connectivity index (χ4n) is 3.76. The number of anilines is 1. The Morgan fingerprint density at radius 2 is 1.78 bits per heavy atom. The van der Waals surface area contributed by atoms with E-state index in [1.54, 1.807) is 24.3 Å². The summed E-state index contributed by atoms with van der Waals surface area (Å²) in [4.78, 5) is 31.6. The van der Waals surface area contributed by atoms with Gasteiger partial charge in [0.1, 0.15) is 11.6 Å². The molecule has 11 heteroatoms. The van der Waals surface area contributed by atoms with Gasteiger partial charge in [0.15, 0.2) is 5.69 Å². The van der Waals surface area contributed by atoms with Gasteiger partial charge in [-0.1, -0.05) is 41.4 Å². The number of aliphatic hydroxyl groups is 1. The van der Waals surface area contributed by atoms with Gasteiger partial charge in [-0.3, -0.25) is 14.6 Å². The molecule has 1 fully saturated rings. The second kappa shape index (κ2) is 9.69. The van der Waals surface area contributed by atoms with Crippen LogP contribution >= 0.6 is 23.2 Å². The van der Waals surface area contributed by atoms with Gasteiger partial charge in [-0.15, -0.1) is 0 Å². The summed E-state index contributed by atoms with van der Waals surface area (Å²) >= 11 is 12.7. The number of aromatic nitrogens is 3. The summed E-state index contributed by atoms with van der Waals surface area (Å²) < 4.78 is 14.8. The Bertz CT molecular complexity index is 1450. The lowest BCUT2D eigenvalue weighted by Crippen LogP contribution is -2.53. The van der Waals surface area contributed by atoms with Crippen molar-refractivity contribution in [2.45, 2.75) is 6.10 Å². The molecule has 1 aliphatic rings. The van der Waals surface area contributed by atoms with E-state index in [1.807, 2.05) is 6.07 Å². The number of hydrogen-bond donors (Lipinski definition) is 2. The van der Waals surface area contributed by atoms with Gasteiger partial charge in [-0.25, -0.2) is 9.07 Å². The highest BCUT2D eigenvalue weighted by Crippen LogP contribution is 2.33. The van der Waals surface area contributed by atoms with Crippen LogP contribution in [0.15, 0.2) is 66.9 Å².